The first kappa shape index (κ1) is 19.9. The number of pyridine rings is 1. The number of hydrogen-bond acceptors (Lipinski definition) is 5. The lowest BCUT2D eigenvalue weighted by molar-refractivity contribution is -0.119. The van der Waals surface area contributed by atoms with Crippen molar-refractivity contribution < 1.29 is 9.53 Å². The van der Waals surface area contributed by atoms with Crippen molar-refractivity contribution in [1.29, 1.82) is 0 Å². The normalized spacial score (nSPS) is 20.0. The number of carbonyl (C=O) groups excluding carboxylic acids is 1. The summed E-state index contributed by atoms with van der Waals surface area (Å²) in [6.07, 6.45) is 9.49. The standard InChI is InChI=1S/C24H31N3O2/c28-23(13-19-5-2-1-3-6-19)14-20-8-11-27(12-9-20)22-15-24(17-25-16-22)29-18-21-7-4-10-26-21/h1-3,5-6,15-17,20-21,26H,4,7-14,18H2/t21-/m0/s1. The smallest absolute Gasteiger partial charge is 0.139 e. The molecule has 0 saturated carbocycles. The van der Waals surface area contributed by atoms with E-state index in [2.05, 4.69) is 21.3 Å². The van der Waals surface area contributed by atoms with Gasteiger partial charge in [-0.15, -0.1) is 0 Å². The Hall–Kier alpha value is -2.40. The Balaban J connectivity index is 1.23. The van der Waals surface area contributed by atoms with E-state index < -0.39 is 0 Å². The van der Waals surface area contributed by atoms with Crippen LogP contribution < -0.4 is 15.0 Å². The van der Waals surface area contributed by atoms with E-state index in [-0.39, 0.29) is 0 Å². The van der Waals surface area contributed by atoms with Gasteiger partial charge in [-0.05, 0) is 43.7 Å². The van der Waals surface area contributed by atoms with Gasteiger partial charge in [-0.3, -0.25) is 9.78 Å². The van der Waals surface area contributed by atoms with Gasteiger partial charge in [-0.2, -0.15) is 0 Å². The molecule has 154 valence electrons. The van der Waals surface area contributed by atoms with Crippen molar-refractivity contribution in [2.75, 3.05) is 31.1 Å². The minimum absolute atomic E-state index is 0.354. The van der Waals surface area contributed by atoms with Crippen LogP contribution in [0.1, 0.15) is 37.7 Å². The number of rotatable bonds is 8. The number of ether oxygens (including phenoxy) is 1. The maximum atomic E-state index is 12.4. The summed E-state index contributed by atoms with van der Waals surface area (Å²) < 4.78 is 5.96. The SMILES string of the molecule is O=C(Cc1ccccc1)CC1CCN(c2cncc(OC[C@@H]3CCCN3)c2)CC1. The molecule has 0 aliphatic carbocycles. The van der Waals surface area contributed by atoms with Crippen LogP contribution in [0.4, 0.5) is 5.69 Å². The molecule has 1 atom stereocenters. The summed E-state index contributed by atoms with van der Waals surface area (Å²) in [7, 11) is 0. The lowest BCUT2D eigenvalue weighted by Gasteiger charge is -2.33. The summed E-state index contributed by atoms with van der Waals surface area (Å²) >= 11 is 0. The maximum Gasteiger partial charge on any atom is 0.139 e. The summed E-state index contributed by atoms with van der Waals surface area (Å²) in [6.45, 7) is 3.74. The van der Waals surface area contributed by atoms with Gasteiger partial charge < -0.3 is 15.0 Å². The van der Waals surface area contributed by atoms with Gasteiger partial charge in [0, 0.05) is 38.0 Å². The van der Waals surface area contributed by atoms with E-state index in [1.807, 2.05) is 36.5 Å². The third kappa shape index (κ3) is 5.80. The van der Waals surface area contributed by atoms with Crippen LogP contribution in [-0.4, -0.2) is 43.1 Å². The monoisotopic (exact) mass is 393 g/mol. The van der Waals surface area contributed by atoms with Crippen LogP contribution in [-0.2, 0) is 11.2 Å². The molecule has 1 aromatic carbocycles. The van der Waals surface area contributed by atoms with Gasteiger partial charge in [-0.25, -0.2) is 0 Å². The average Bonchev–Trinajstić information content (AvgIpc) is 3.27. The highest BCUT2D eigenvalue weighted by molar-refractivity contribution is 5.81. The van der Waals surface area contributed by atoms with Gasteiger partial charge in [0.15, 0.2) is 0 Å². The third-order valence-electron chi connectivity index (χ3n) is 6.05. The number of carbonyl (C=O) groups is 1. The van der Waals surface area contributed by atoms with Gasteiger partial charge in [0.25, 0.3) is 0 Å². The molecule has 0 spiro atoms. The van der Waals surface area contributed by atoms with E-state index in [1.165, 1.54) is 12.8 Å². The van der Waals surface area contributed by atoms with Crippen molar-refractivity contribution in [2.24, 2.45) is 5.92 Å². The first-order valence-electron chi connectivity index (χ1n) is 10.9. The zero-order chi connectivity index (χ0) is 19.9. The van der Waals surface area contributed by atoms with Crippen molar-refractivity contribution in [2.45, 2.75) is 44.6 Å². The highest BCUT2D eigenvalue weighted by Gasteiger charge is 2.22. The highest BCUT2D eigenvalue weighted by Crippen LogP contribution is 2.27. The first-order chi connectivity index (χ1) is 14.3. The molecular weight excluding hydrogens is 362 g/mol. The molecule has 0 radical (unpaired) electrons. The number of hydrogen-bond donors (Lipinski definition) is 1. The molecular formula is C24H31N3O2. The molecule has 1 N–H and O–H groups in total. The molecule has 2 aliphatic heterocycles. The molecule has 0 amide bonds. The van der Waals surface area contributed by atoms with Crippen molar-refractivity contribution in [3.63, 3.8) is 0 Å². The predicted octanol–water partition coefficient (Wildman–Crippen LogP) is 3.63. The number of ketones is 1. The minimum Gasteiger partial charge on any atom is -0.490 e. The Morgan fingerprint density at radius 3 is 2.72 bits per heavy atom. The van der Waals surface area contributed by atoms with Crippen molar-refractivity contribution in [1.82, 2.24) is 10.3 Å². The molecule has 3 heterocycles. The number of nitrogens with one attached hydrogen (secondary N) is 1. The fraction of sp³-hybridized carbons (Fsp3) is 0.500. The number of nitrogens with zero attached hydrogens (tertiary/aromatic N) is 2. The second-order valence-corrected chi connectivity index (χ2v) is 8.32. The lowest BCUT2D eigenvalue weighted by Crippen LogP contribution is -2.34. The van der Waals surface area contributed by atoms with E-state index in [0.717, 1.165) is 49.5 Å². The Morgan fingerprint density at radius 2 is 1.97 bits per heavy atom. The van der Waals surface area contributed by atoms with E-state index >= 15 is 0 Å². The molecule has 0 bridgehead atoms. The largest absolute Gasteiger partial charge is 0.490 e. The Bertz CT molecular complexity index is 782. The Kier molecular flexibility index (Phi) is 6.78. The zero-order valence-corrected chi connectivity index (χ0v) is 17.1. The molecule has 5 nitrogen and oxygen atoms in total. The van der Waals surface area contributed by atoms with Gasteiger partial charge >= 0.3 is 0 Å². The first-order valence-corrected chi connectivity index (χ1v) is 10.9. The summed E-state index contributed by atoms with van der Waals surface area (Å²) in [4.78, 5) is 19.2. The van der Waals surface area contributed by atoms with Gasteiger partial charge in [-0.1, -0.05) is 30.3 Å². The molecule has 2 aromatic rings. The lowest BCUT2D eigenvalue weighted by atomic mass is 9.90. The quantitative estimate of drug-likeness (QED) is 0.742. The van der Waals surface area contributed by atoms with Crippen LogP contribution in [0.2, 0.25) is 0 Å². The van der Waals surface area contributed by atoms with Crippen molar-refractivity contribution in [3.8, 4) is 5.75 Å². The Morgan fingerprint density at radius 1 is 1.14 bits per heavy atom. The summed E-state index contributed by atoms with van der Waals surface area (Å²) in [5.41, 5.74) is 2.24. The number of aromatic nitrogens is 1. The minimum atomic E-state index is 0.354. The average molecular weight is 394 g/mol. The molecule has 2 saturated heterocycles. The van der Waals surface area contributed by atoms with E-state index in [0.29, 0.717) is 37.2 Å². The maximum absolute atomic E-state index is 12.4. The number of benzene rings is 1. The number of anilines is 1. The fourth-order valence-corrected chi connectivity index (χ4v) is 4.37. The van der Waals surface area contributed by atoms with E-state index in [9.17, 15) is 4.79 Å². The number of Topliss-reactive ketones (excluding diaryl/α,β-unsaturated/α-hetero) is 1. The molecule has 1 aromatic heterocycles. The molecule has 29 heavy (non-hydrogen) atoms. The summed E-state index contributed by atoms with van der Waals surface area (Å²) in [5.74, 6) is 1.69. The van der Waals surface area contributed by atoms with Crippen molar-refractivity contribution in [3.05, 3.63) is 54.4 Å². The molecule has 2 fully saturated rings. The molecule has 4 rings (SSSR count). The van der Waals surface area contributed by atoms with Crippen LogP contribution in [0.15, 0.2) is 48.8 Å². The molecule has 0 unspecified atom stereocenters. The van der Waals surface area contributed by atoms with Crippen LogP contribution in [0, 0.1) is 5.92 Å². The van der Waals surface area contributed by atoms with Gasteiger partial charge in [0.1, 0.15) is 18.1 Å². The Labute approximate surface area is 173 Å². The van der Waals surface area contributed by atoms with Gasteiger partial charge in [0.05, 0.1) is 18.1 Å². The van der Waals surface area contributed by atoms with Crippen LogP contribution >= 0.6 is 0 Å². The zero-order valence-electron chi connectivity index (χ0n) is 17.1. The van der Waals surface area contributed by atoms with Crippen LogP contribution in [0.5, 0.6) is 5.75 Å². The fourth-order valence-electron chi connectivity index (χ4n) is 4.37. The predicted molar refractivity (Wildman–Crippen MR) is 115 cm³/mol. The second-order valence-electron chi connectivity index (χ2n) is 8.32. The number of piperidine rings is 1. The van der Waals surface area contributed by atoms with Gasteiger partial charge in [0.2, 0.25) is 0 Å². The summed E-state index contributed by atoms with van der Waals surface area (Å²) in [6, 6.07) is 12.6. The highest BCUT2D eigenvalue weighted by atomic mass is 16.5. The van der Waals surface area contributed by atoms with E-state index in [1.54, 1.807) is 6.20 Å². The van der Waals surface area contributed by atoms with E-state index in [4.69, 9.17) is 4.74 Å². The molecule has 5 heteroatoms. The van der Waals surface area contributed by atoms with Crippen molar-refractivity contribution >= 4 is 11.5 Å². The third-order valence-corrected chi connectivity index (χ3v) is 6.05. The summed E-state index contributed by atoms with van der Waals surface area (Å²) in [5, 5.41) is 3.46. The second kappa shape index (κ2) is 9.88. The molecule has 2 aliphatic rings. The topological polar surface area (TPSA) is 54.5 Å². The van der Waals surface area contributed by atoms with Crippen LogP contribution in [0.3, 0.4) is 0 Å². The van der Waals surface area contributed by atoms with Crippen LogP contribution in [0.25, 0.3) is 0 Å².